The number of hydrogen-bond donors (Lipinski definition) is 1. The van der Waals surface area contributed by atoms with Gasteiger partial charge in [-0.25, -0.2) is 4.79 Å². The number of aryl methyl sites for hydroxylation is 1. The monoisotopic (exact) mass is 385 g/mol. The van der Waals surface area contributed by atoms with E-state index in [1.54, 1.807) is 30.6 Å². The molecule has 1 atom stereocenters. The predicted octanol–water partition coefficient (Wildman–Crippen LogP) is 4.97. The van der Waals surface area contributed by atoms with E-state index in [4.69, 9.17) is 16.3 Å². The Labute approximate surface area is 165 Å². The second-order valence-corrected chi connectivity index (χ2v) is 7.81. The Morgan fingerprint density at radius 1 is 1.26 bits per heavy atom. The summed E-state index contributed by atoms with van der Waals surface area (Å²) in [4.78, 5) is 15.8. The predicted molar refractivity (Wildman–Crippen MR) is 107 cm³/mol. The van der Waals surface area contributed by atoms with Gasteiger partial charge in [0.05, 0.1) is 5.56 Å². The van der Waals surface area contributed by atoms with Gasteiger partial charge in [-0.1, -0.05) is 57.6 Å². The SMILES string of the molecule is CCCc1ccncc1C#Cc1cc(Cl)ccc1OC(C(=O)O)C(C)(C)C. The highest BCUT2D eigenvalue weighted by molar-refractivity contribution is 6.30. The van der Waals surface area contributed by atoms with Crippen LogP contribution in [0.15, 0.2) is 36.7 Å². The fourth-order valence-corrected chi connectivity index (χ4v) is 2.76. The first-order valence-corrected chi connectivity index (χ1v) is 9.24. The quantitative estimate of drug-likeness (QED) is 0.738. The first-order valence-electron chi connectivity index (χ1n) is 8.86. The minimum absolute atomic E-state index is 0.398. The summed E-state index contributed by atoms with van der Waals surface area (Å²) in [6.45, 7) is 7.57. The van der Waals surface area contributed by atoms with Crippen molar-refractivity contribution in [3.63, 3.8) is 0 Å². The van der Waals surface area contributed by atoms with Crippen LogP contribution in [0.1, 0.15) is 50.8 Å². The summed E-state index contributed by atoms with van der Waals surface area (Å²) < 4.78 is 5.82. The molecule has 0 aliphatic heterocycles. The molecule has 1 unspecified atom stereocenters. The average Bonchev–Trinajstić information content (AvgIpc) is 2.59. The number of nitrogens with zero attached hydrogens (tertiary/aromatic N) is 1. The van der Waals surface area contributed by atoms with E-state index in [9.17, 15) is 9.90 Å². The lowest BCUT2D eigenvalue weighted by atomic mass is 9.89. The molecule has 2 rings (SSSR count). The lowest BCUT2D eigenvalue weighted by Gasteiger charge is -2.28. The molecule has 2 aromatic rings. The lowest BCUT2D eigenvalue weighted by molar-refractivity contribution is -0.150. The smallest absolute Gasteiger partial charge is 0.345 e. The third kappa shape index (κ3) is 5.74. The molecule has 1 aromatic heterocycles. The highest BCUT2D eigenvalue weighted by atomic mass is 35.5. The van der Waals surface area contributed by atoms with E-state index in [-0.39, 0.29) is 0 Å². The Balaban J connectivity index is 2.42. The van der Waals surface area contributed by atoms with Gasteiger partial charge in [0, 0.05) is 28.4 Å². The Morgan fingerprint density at radius 3 is 2.59 bits per heavy atom. The number of rotatable bonds is 5. The maximum Gasteiger partial charge on any atom is 0.345 e. The largest absolute Gasteiger partial charge is 0.478 e. The molecule has 1 heterocycles. The topological polar surface area (TPSA) is 59.4 Å². The van der Waals surface area contributed by atoms with Crippen molar-refractivity contribution in [3.05, 3.63) is 58.4 Å². The van der Waals surface area contributed by atoms with Gasteiger partial charge in [0.1, 0.15) is 5.75 Å². The van der Waals surface area contributed by atoms with E-state index in [0.717, 1.165) is 24.0 Å². The second-order valence-electron chi connectivity index (χ2n) is 7.38. The molecule has 142 valence electrons. The Hall–Kier alpha value is -2.51. The van der Waals surface area contributed by atoms with E-state index in [1.165, 1.54) is 0 Å². The van der Waals surface area contributed by atoms with Crippen molar-refractivity contribution in [1.29, 1.82) is 0 Å². The first-order chi connectivity index (χ1) is 12.7. The number of ether oxygens (including phenoxy) is 1. The molecular weight excluding hydrogens is 362 g/mol. The van der Waals surface area contributed by atoms with Gasteiger partial charge in [-0.3, -0.25) is 4.98 Å². The number of benzene rings is 1. The third-order valence-corrected chi connectivity index (χ3v) is 4.19. The van der Waals surface area contributed by atoms with E-state index in [1.807, 2.05) is 26.8 Å². The minimum atomic E-state index is -1.02. The third-order valence-electron chi connectivity index (χ3n) is 3.96. The number of carbonyl (C=O) groups is 1. The molecule has 1 aromatic carbocycles. The zero-order valence-corrected chi connectivity index (χ0v) is 16.8. The summed E-state index contributed by atoms with van der Waals surface area (Å²) in [6, 6.07) is 6.96. The Bertz CT molecular complexity index is 875. The molecule has 1 N–H and O–H groups in total. The molecule has 0 aliphatic carbocycles. The van der Waals surface area contributed by atoms with Crippen molar-refractivity contribution in [2.75, 3.05) is 0 Å². The number of aromatic nitrogens is 1. The van der Waals surface area contributed by atoms with Gasteiger partial charge in [-0.15, -0.1) is 0 Å². The summed E-state index contributed by atoms with van der Waals surface area (Å²) in [6.07, 6.45) is 4.41. The van der Waals surface area contributed by atoms with Crippen molar-refractivity contribution in [2.45, 2.75) is 46.6 Å². The van der Waals surface area contributed by atoms with Gasteiger partial charge >= 0.3 is 5.97 Å². The molecule has 0 saturated carbocycles. The van der Waals surface area contributed by atoms with Gasteiger partial charge in [0.15, 0.2) is 6.10 Å². The molecular formula is C22H24ClNO3. The summed E-state index contributed by atoms with van der Waals surface area (Å²) >= 11 is 6.12. The van der Waals surface area contributed by atoms with Crippen molar-refractivity contribution in [2.24, 2.45) is 5.41 Å². The number of carboxylic acid groups (broad SMARTS) is 1. The van der Waals surface area contributed by atoms with Crippen molar-refractivity contribution < 1.29 is 14.6 Å². The molecule has 0 saturated heterocycles. The van der Waals surface area contributed by atoms with Gasteiger partial charge in [0.2, 0.25) is 0 Å². The van der Waals surface area contributed by atoms with Crippen LogP contribution in [0.4, 0.5) is 0 Å². The van der Waals surface area contributed by atoms with E-state index < -0.39 is 17.5 Å². The molecule has 4 nitrogen and oxygen atoms in total. The first kappa shape index (κ1) is 20.8. The van der Waals surface area contributed by atoms with Gasteiger partial charge in [-0.2, -0.15) is 0 Å². The number of pyridine rings is 1. The Kier molecular flexibility index (Phi) is 6.87. The molecule has 27 heavy (non-hydrogen) atoms. The zero-order chi connectivity index (χ0) is 20.0. The van der Waals surface area contributed by atoms with Crippen molar-refractivity contribution in [1.82, 2.24) is 4.98 Å². The highest BCUT2D eigenvalue weighted by Gasteiger charge is 2.33. The maximum absolute atomic E-state index is 11.6. The second kappa shape index (κ2) is 8.92. The summed E-state index contributed by atoms with van der Waals surface area (Å²) in [7, 11) is 0. The highest BCUT2D eigenvalue weighted by Crippen LogP contribution is 2.29. The van der Waals surface area contributed by atoms with Gasteiger partial charge in [-0.05, 0) is 36.2 Å². The minimum Gasteiger partial charge on any atom is -0.478 e. The van der Waals surface area contributed by atoms with Crippen LogP contribution in [0.5, 0.6) is 5.75 Å². The maximum atomic E-state index is 11.6. The van der Waals surface area contributed by atoms with Crippen LogP contribution in [0.3, 0.4) is 0 Å². The molecule has 0 spiro atoms. The zero-order valence-electron chi connectivity index (χ0n) is 16.0. The summed E-state index contributed by atoms with van der Waals surface area (Å²) in [5.41, 5.74) is 1.94. The molecule has 0 aliphatic rings. The van der Waals surface area contributed by atoms with Crippen LogP contribution in [0.25, 0.3) is 0 Å². The summed E-state index contributed by atoms with van der Waals surface area (Å²) in [5, 5.41) is 10.0. The fourth-order valence-electron chi connectivity index (χ4n) is 2.59. The van der Waals surface area contributed by atoms with E-state index >= 15 is 0 Å². The van der Waals surface area contributed by atoms with E-state index in [2.05, 4.69) is 23.7 Å². The molecule has 0 amide bonds. The number of hydrogen-bond acceptors (Lipinski definition) is 3. The Morgan fingerprint density at radius 2 is 1.96 bits per heavy atom. The number of aliphatic carboxylic acids is 1. The van der Waals surface area contributed by atoms with Crippen LogP contribution in [0.2, 0.25) is 5.02 Å². The van der Waals surface area contributed by atoms with Gasteiger partial charge in [0.25, 0.3) is 0 Å². The van der Waals surface area contributed by atoms with Crippen LogP contribution in [0, 0.1) is 17.3 Å². The fraction of sp³-hybridized carbons (Fsp3) is 0.364. The molecule has 0 radical (unpaired) electrons. The van der Waals surface area contributed by atoms with Gasteiger partial charge < -0.3 is 9.84 Å². The number of carboxylic acids is 1. The normalized spacial score (nSPS) is 12.0. The lowest BCUT2D eigenvalue weighted by Crippen LogP contribution is -2.39. The van der Waals surface area contributed by atoms with Crippen molar-refractivity contribution in [3.8, 4) is 17.6 Å². The van der Waals surface area contributed by atoms with Crippen LogP contribution in [-0.2, 0) is 11.2 Å². The van der Waals surface area contributed by atoms with Crippen molar-refractivity contribution >= 4 is 17.6 Å². The van der Waals surface area contributed by atoms with Crippen LogP contribution >= 0.6 is 11.6 Å². The van der Waals surface area contributed by atoms with Crippen LogP contribution < -0.4 is 4.74 Å². The molecule has 0 fully saturated rings. The average molecular weight is 386 g/mol. The molecule has 0 bridgehead atoms. The standard InChI is InChI=1S/C22H24ClNO3/c1-5-6-15-11-12-24-14-17(15)8-7-16-13-18(23)9-10-19(16)27-20(21(25)26)22(2,3)4/h9-14,20H,5-6H2,1-4H3,(H,25,26). The van der Waals surface area contributed by atoms with Crippen LogP contribution in [-0.4, -0.2) is 22.2 Å². The summed E-state index contributed by atoms with van der Waals surface area (Å²) in [5.74, 6) is 5.58. The molecule has 5 heteroatoms. The van der Waals surface area contributed by atoms with E-state index in [0.29, 0.717) is 16.3 Å². The number of halogens is 1.